The van der Waals surface area contributed by atoms with E-state index in [0.29, 0.717) is 0 Å². The molecule has 2 rings (SSSR count). The summed E-state index contributed by atoms with van der Waals surface area (Å²) in [5.74, 6) is -0.0470. The molecule has 5 nitrogen and oxygen atoms in total. The third-order valence-electron chi connectivity index (χ3n) is 4.58. The van der Waals surface area contributed by atoms with Crippen LogP contribution >= 0.6 is 0 Å². The standard InChI is InChI=1S/C14H27N3O2/c1-14(13(18)19-2)3-7-16(8-4-14)11-12-17-9-5-15-6-10-17/h15H,3-12H2,1-2H3. The van der Waals surface area contributed by atoms with Crippen LogP contribution in [0.1, 0.15) is 19.8 Å². The van der Waals surface area contributed by atoms with Gasteiger partial charge in [0.2, 0.25) is 0 Å². The van der Waals surface area contributed by atoms with E-state index in [1.165, 1.54) is 7.11 Å². The number of ether oxygens (including phenoxy) is 1. The first-order valence-electron chi connectivity index (χ1n) is 7.38. The maximum absolute atomic E-state index is 11.7. The normalized spacial score (nSPS) is 25.2. The molecule has 0 bridgehead atoms. The van der Waals surface area contributed by atoms with E-state index in [1.54, 1.807) is 0 Å². The van der Waals surface area contributed by atoms with E-state index in [0.717, 1.165) is 65.2 Å². The largest absolute Gasteiger partial charge is 0.469 e. The van der Waals surface area contributed by atoms with E-state index in [2.05, 4.69) is 15.1 Å². The first-order chi connectivity index (χ1) is 9.14. The monoisotopic (exact) mass is 269 g/mol. The van der Waals surface area contributed by atoms with Gasteiger partial charge in [0.1, 0.15) is 0 Å². The van der Waals surface area contributed by atoms with Gasteiger partial charge in [-0.3, -0.25) is 9.69 Å². The fourth-order valence-corrected chi connectivity index (χ4v) is 2.94. The molecular formula is C14H27N3O2. The highest BCUT2D eigenvalue weighted by molar-refractivity contribution is 5.76. The summed E-state index contributed by atoms with van der Waals surface area (Å²) in [6.07, 6.45) is 1.84. The first kappa shape index (κ1) is 14.8. The van der Waals surface area contributed by atoms with Crippen molar-refractivity contribution >= 4 is 5.97 Å². The van der Waals surface area contributed by atoms with Crippen molar-refractivity contribution in [3.63, 3.8) is 0 Å². The molecule has 5 heteroatoms. The van der Waals surface area contributed by atoms with E-state index in [1.807, 2.05) is 6.92 Å². The van der Waals surface area contributed by atoms with Crippen LogP contribution in [-0.2, 0) is 9.53 Å². The minimum absolute atomic E-state index is 0.0470. The van der Waals surface area contributed by atoms with E-state index in [4.69, 9.17) is 4.74 Å². The maximum atomic E-state index is 11.7. The van der Waals surface area contributed by atoms with E-state index >= 15 is 0 Å². The average molecular weight is 269 g/mol. The minimum Gasteiger partial charge on any atom is -0.469 e. The van der Waals surface area contributed by atoms with Gasteiger partial charge in [-0.25, -0.2) is 0 Å². The third kappa shape index (κ3) is 3.91. The Morgan fingerprint density at radius 3 is 2.16 bits per heavy atom. The molecule has 2 fully saturated rings. The highest BCUT2D eigenvalue weighted by atomic mass is 16.5. The number of carbonyl (C=O) groups excluding carboxylic acids is 1. The number of nitrogens with zero attached hydrogens (tertiary/aromatic N) is 2. The topological polar surface area (TPSA) is 44.8 Å². The second-order valence-electron chi connectivity index (χ2n) is 5.99. The number of methoxy groups -OCH3 is 1. The highest BCUT2D eigenvalue weighted by Gasteiger charge is 2.37. The zero-order valence-corrected chi connectivity index (χ0v) is 12.3. The quantitative estimate of drug-likeness (QED) is 0.737. The summed E-state index contributed by atoms with van der Waals surface area (Å²) in [5.41, 5.74) is -0.264. The second kappa shape index (κ2) is 6.68. The molecule has 0 spiro atoms. The molecule has 0 saturated carbocycles. The molecule has 1 N–H and O–H groups in total. The molecule has 0 radical (unpaired) electrons. The summed E-state index contributed by atoms with van der Waals surface area (Å²) < 4.78 is 4.91. The summed E-state index contributed by atoms with van der Waals surface area (Å²) in [7, 11) is 1.49. The number of nitrogens with one attached hydrogen (secondary N) is 1. The Morgan fingerprint density at radius 2 is 1.63 bits per heavy atom. The van der Waals surface area contributed by atoms with Gasteiger partial charge in [-0.2, -0.15) is 0 Å². The Hall–Kier alpha value is -0.650. The van der Waals surface area contributed by atoms with Crippen LogP contribution in [0.5, 0.6) is 0 Å². The number of esters is 1. The summed E-state index contributed by atoms with van der Waals surface area (Å²) in [6.45, 7) is 10.9. The summed E-state index contributed by atoms with van der Waals surface area (Å²) in [6, 6.07) is 0. The van der Waals surface area contributed by atoms with Gasteiger partial charge in [-0.05, 0) is 32.9 Å². The zero-order chi connectivity index (χ0) is 13.7. The van der Waals surface area contributed by atoms with Crippen molar-refractivity contribution in [3.05, 3.63) is 0 Å². The fourth-order valence-electron chi connectivity index (χ4n) is 2.94. The number of piperazine rings is 1. The third-order valence-corrected chi connectivity index (χ3v) is 4.58. The van der Waals surface area contributed by atoms with E-state index in [-0.39, 0.29) is 11.4 Å². The smallest absolute Gasteiger partial charge is 0.311 e. The number of hydrogen-bond donors (Lipinski definition) is 1. The van der Waals surface area contributed by atoms with Gasteiger partial charge in [0.25, 0.3) is 0 Å². The maximum Gasteiger partial charge on any atom is 0.311 e. The van der Waals surface area contributed by atoms with Crippen LogP contribution in [0.15, 0.2) is 0 Å². The fraction of sp³-hybridized carbons (Fsp3) is 0.929. The lowest BCUT2D eigenvalue weighted by Gasteiger charge is -2.38. The molecule has 2 aliphatic rings. The Bertz CT molecular complexity index is 295. The predicted molar refractivity (Wildman–Crippen MR) is 75.1 cm³/mol. The molecule has 0 atom stereocenters. The molecule has 0 amide bonds. The van der Waals surface area contributed by atoms with Crippen molar-refractivity contribution in [2.75, 3.05) is 59.5 Å². The summed E-state index contributed by atoms with van der Waals surface area (Å²) in [5, 5.41) is 3.38. The van der Waals surface area contributed by atoms with Crippen molar-refractivity contribution in [2.45, 2.75) is 19.8 Å². The minimum atomic E-state index is -0.264. The van der Waals surface area contributed by atoms with Crippen LogP contribution in [-0.4, -0.2) is 75.2 Å². The van der Waals surface area contributed by atoms with Crippen molar-refractivity contribution in [1.29, 1.82) is 0 Å². The predicted octanol–water partition coefficient (Wildman–Crippen LogP) is 0.167. The van der Waals surface area contributed by atoms with E-state index < -0.39 is 0 Å². The van der Waals surface area contributed by atoms with Crippen LogP contribution in [0.25, 0.3) is 0 Å². The molecule has 0 aromatic heterocycles. The summed E-state index contributed by atoms with van der Waals surface area (Å²) >= 11 is 0. The molecule has 19 heavy (non-hydrogen) atoms. The number of hydrogen-bond acceptors (Lipinski definition) is 5. The lowest BCUT2D eigenvalue weighted by Crippen LogP contribution is -2.48. The van der Waals surface area contributed by atoms with Crippen molar-refractivity contribution in [1.82, 2.24) is 15.1 Å². The van der Waals surface area contributed by atoms with Gasteiger partial charge >= 0.3 is 5.97 Å². The van der Waals surface area contributed by atoms with E-state index in [9.17, 15) is 4.79 Å². The van der Waals surface area contributed by atoms with Crippen LogP contribution < -0.4 is 5.32 Å². The summed E-state index contributed by atoms with van der Waals surface area (Å²) in [4.78, 5) is 16.7. The highest BCUT2D eigenvalue weighted by Crippen LogP contribution is 2.31. The van der Waals surface area contributed by atoms with Crippen LogP contribution in [0.3, 0.4) is 0 Å². The van der Waals surface area contributed by atoms with Gasteiger partial charge in [0.15, 0.2) is 0 Å². The Balaban J connectivity index is 1.69. The van der Waals surface area contributed by atoms with Crippen LogP contribution in [0.2, 0.25) is 0 Å². The molecule has 0 unspecified atom stereocenters. The number of carbonyl (C=O) groups is 1. The average Bonchev–Trinajstić information content (AvgIpc) is 2.47. The number of piperidine rings is 1. The number of rotatable bonds is 4. The molecular weight excluding hydrogens is 242 g/mol. The lowest BCUT2D eigenvalue weighted by molar-refractivity contribution is -0.154. The SMILES string of the molecule is COC(=O)C1(C)CCN(CCN2CCNCC2)CC1. The molecule has 0 aliphatic carbocycles. The van der Waals surface area contributed by atoms with Gasteiger partial charge < -0.3 is 15.0 Å². The molecule has 110 valence electrons. The van der Waals surface area contributed by atoms with Crippen molar-refractivity contribution < 1.29 is 9.53 Å². The first-order valence-corrected chi connectivity index (χ1v) is 7.38. The van der Waals surface area contributed by atoms with Gasteiger partial charge in [-0.15, -0.1) is 0 Å². The zero-order valence-electron chi connectivity index (χ0n) is 12.3. The molecule has 2 saturated heterocycles. The Labute approximate surface area is 116 Å². The van der Waals surface area contributed by atoms with Crippen LogP contribution in [0, 0.1) is 5.41 Å². The molecule has 0 aromatic rings. The second-order valence-corrected chi connectivity index (χ2v) is 5.99. The van der Waals surface area contributed by atoms with Crippen LogP contribution in [0.4, 0.5) is 0 Å². The Kier molecular flexibility index (Phi) is 5.19. The molecule has 2 heterocycles. The van der Waals surface area contributed by atoms with Gasteiger partial charge in [0, 0.05) is 39.3 Å². The Morgan fingerprint density at radius 1 is 1.11 bits per heavy atom. The van der Waals surface area contributed by atoms with Crippen molar-refractivity contribution in [3.8, 4) is 0 Å². The van der Waals surface area contributed by atoms with Crippen molar-refractivity contribution in [2.24, 2.45) is 5.41 Å². The molecule has 0 aromatic carbocycles. The van der Waals surface area contributed by atoms with Gasteiger partial charge in [0.05, 0.1) is 12.5 Å². The number of likely N-dealkylation sites (tertiary alicyclic amines) is 1. The lowest BCUT2D eigenvalue weighted by atomic mass is 9.80. The van der Waals surface area contributed by atoms with Gasteiger partial charge in [-0.1, -0.05) is 0 Å². The molecule has 2 aliphatic heterocycles.